The van der Waals surface area contributed by atoms with Crippen molar-refractivity contribution >= 4 is 11.8 Å². The molecule has 7 heteroatoms. The molecule has 0 N–H and O–H groups in total. The first-order chi connectivity index (χ1) is 10.6. The zero-order chi connectivity index (χ0) is 15.7. The van der Waals surface area contributed by atoms with Crippen LogP contribution in [0.15, 0.2) is 0 Å². The van der Waals surface area contributed by atoms with Gasteiger partial charge in [0.2, 0.25) is 0 Å². The van der Waals surface area contributed by atoms with Crippen LogP contribution in [0, 0.1) is 17.8 Å². The highest BCUT2D eigenvalue weighted by atomic mass is 16.7. The molecule has 0 aromatic carbocycles. The number of Topliss-reactive ketones (excluding diaryl/α,β-unsaturated/α-hetero) is 1. The Balaban J connectivity index is 1.90. The second-order valence-electron chi connectivity index (χ2n) is 6.07. The summed E-state index contributed by atoms with van der Waals surface area (Å²) in [6.45, 7) is 2.70. The number of hydrogen-bond acceptors (Lipinski definition) is 7. The third kappa shape index (κ3) is 2.46. The Labute approximate surface area is 129 Å². The number of hydrogen-bond donors (Lipinski definition) is 0. The number of carbonyl (C=O) groups excluding carboxylic acids is 2. The largest absolute Gasteiger partial charge is 0.466 e. The lowest BCUT2D eigenvalue weighted by Gasteiger charge is -2.38. The minimum absolute atomic E-state index is 0.0463. The average molecular weight is 314 g/mol. The van der Waals surface area contributed by atoms with Crippen molar-refractivity contribution in [1.82, 2.24) is 0 Å². The van der Waals surface area contributed by atoms with Crippen LogP contribution in [0.1, 0.15) is 19.8 Å². The first kappa shape index (κ1) is 15.9. The van der Waals surface area contributed by atoms with E-state index in [-0.39, 0.29) is 49.7 Å². The summed E-state index contributed by atoms with van der Waals surface area (Å²) in [5, 5.41) is 0. The molecule has 7 nitrogen and oxygen atoms in total. The number of esters is 1. The minimum Gasteiger partial charge on any atom is -0.466 e. The normalized spacial score (nSPS) is 40.4. The van der Waals surface area contributed by atoms with Crippen molar-refractivity contribution in [1.29, 1.82) is 0 Å². The monoisotopic (exact) mass is 314 g/mol. The maximum absolute atomic E-state index is 12.5. The molecule has 1 heterocycles. The van der Waals surface area contributed by atoms with Gasteiger partial charge in [-0.2, -0.15) is 0 Å². The fraction of sp³-hybridized carbons (Fsp3) is 0.867. The second-order valence-corrected chi connectivity index (χ2v) is 6.07. The van der Waals surface area contributed by atoms with E-state index in [9.17, 15) is 9.59 Å². The van der Waals surface area contributed by atoms with Gasteiger partial charge in [0.15, 0.2) is 0 Å². The lowest BCUT2D eigenvalue weighted by atomic mass is 9.73. The number of ketones is 1. The molecule has 1 aliphatic heterocycles. The van der Waals surface area contributed by atoms with Crippen molar-refractivity contribution in [2.24, 2.45) is 17.8 Å². The molecule has 124 valence electrons. The Morgan fingerprint density at radius 1 is 1.45 bits per heavy atom. The van der Waals surface area contributed by atoms with Gasteiger partial charge in [0.05, 0.1) is 30.8 Å². The highest BCUT2D eigenvalue weighted by Crippen LogP contribution is 2.57. The van der Waals surface area contributed by atoms with E-state index in [1.165, 1.54) is 7.11 Å². The smallest absolute Gasteiger partial charge is 0.312 e. The molecule has 3 fully saturated rings. The molecule has 0 unspecified atom stereocenters. The lowest BCUT2D eigenvalue weighted by Crippen LogP contribution is -2.50. The highest BCUT2D eigenvalue weighted by molar-refractivity contribution is 5.90. The summed E-state index contributed by atoms with van der Waals surface area (Å²) in [6.07, 6.45) is 0.481. The van der Waals surface area contributed by atoms with E-state index in [0.717, 1.165) is 0 Å². The van der Waals surface area contributed by atoms with Gasteiger partial charge in [-0.05, 0) is 13.3 Å². The maximum atomic E-state index is 12.5. The molecular formula is C15H22O7. The van der Waals surface area contributed by atoms with Crippen LogP contribution in [0.5, 0.6) is 0 Å². The van der Waals surface area contributed by atoms with Crippen LogP contribution in [0.3, 0.4) is 0 Å². The average Bonchev–Trinajstić information content (AvgIpc) is 3.18. The second kappa shape index (κ2) is 6.23. The number of carbonyl (C=O) groups is 2. The molecule has 0 radical (unpaired) electrons. The third-order valence-electron chi connectivity index (χ3n) is 4.95. The van der Waals surface area contributed by atoms with E-state index in [1.54, 1.807) is 6.92 Å². The molecule has 2 saturated carbocycles. The van der Waals surface area contributed by atoms with Gasteiger partial charge in [-0.1, -0.05) is 0 Å². The van der Waals surface area contributed by atoms with E-state index in [0.29, 0.717) is 19.6 Å². The number of ether oxygens (including phenoxy) is 5. The summed E-state index contributed by atoms with van der Waals surface area (Å²) in [5.41, 5.74) is -0.833. The van der Waals surface area contributed by atoms with Gasteiger partial charge in [-0.3, -0.25) is 9.59 Å². The van der Waals surface area contributed by atoms with Crippen molar-refractivity contribution in [2.45, 2.75) is 31.5 Å². The summed E-state index contributed by atoms with van der Waals surface area (Å²) in [5.74, 6) is -1.21. The molecule has 3 rings (SSSR count). The van der Waals surface area contributed by atoms with E-state index < -0.39 is 11.5 Å². The molecule has 3 aliphatic rings. The topological polar surface area (TPSA) is 80.3 Å². The standard InChI is InChI=1S/C15H22O7/c1-3-20-14(17)13-12(11-6-19-8-21-11)9-4-15(13,5-10(9)16)22-7-18-2/h9,11-13H,3-8H2,1-2H3/t9-,11+,12-,13+,15-/m1/s1. The minimum atomic E-state index is -0.833. The van der Waals surface area contributed by atoms with Gasteiger partial charge in [0.1, 0.15) is 19.4 Å². The van der Waals surface area contributed by atoms with Crippen LogP contribution in [0.2, 0.25) is 0 Å². The van der Waals surface area contributed by atoms with Crippen molar-refractivity contribution in [2.75, 3.05) is 33.9 Å². The fourth-order valence-corrected chi connectivity index (χ4v) is 4.18. The lowest BCUT2D eigenvalue weighted by molar-refractivity contribution is -0.185. The Bertz CT molecular complexity index is 445. The Morgan fingerprint density at radius 2 is 2.27 bits per heavy atom. The zero-order valence-electron chi connectivity index (χ0n) is 12.9. The van der Waals surface area contributed by atoms with Gasteiger partial charge in [0.25, 0.3) is 0 Å². The third-order valence-corrected chi connectivity index (χ3v) is 4.95. The van der Waals surface area contributed by atoms with Crippen LogP contribution in [0.25, 0.3) is 0 Å². The zero-order valence-corrected chi connectivity index (χ0v) is 12.9. The molecule has 2 aliphatic carbocycles. The molecule has 0 amide bonds. The fourth-order valence-electron chi connectivity index (χ4n) is 4.18. The Hall–Kier alpha value is -1.02. The molecule has 1 saturated heterocycles. The summed E-state index contributed by atoms with van der Waals surface area (Å²) in [4.78, 5) is 24.9. The first-order valence-corrected chi connectivity index (χ1v) is 7.64. The molecule has 0 spiro atoms. The van der Waals surface area contributed by atoms with E-state index in [4.69, 9.17) is 23.7 Å². The SMILES string of the molecule is CCOC(=O)[C@@H]1[C@@H]([C@@H]2COCO2)[C@@H]2C[C@@]1(OCOC)CC2=O. The molecule has 5 atom stereocenters. The summed E-state index contributed by atoms with van der Waals surface area (Å²) in [7, 11) is 1.52. The van der Waals surface area contributed by atoms with Gasteiger partial charge in [-0.15, -0.1) is 0 Å². The quantitative estimate of drug-likeness (QED) is 0.522. The van der Waals surface area contributed by atoms with Crippen LogP contribution in [-0.4, -0.2) is 57.4 Å². The van der Waals surface area contributed by atoms with E-state index in [1.807, 2.05) is 0 Å². The molecule has 22 heavy (non-hydrogen) atoms. The number of rotatable bonds is 6. The van der Waals surface area contributed by atoms with Crippen LogP contribution >= 0.6 is 0 Å². The van der Waals surface area contributed by atoms with Crippen molar-refractivity contribution in [3.05, 3.63) is 0 Å². The summed E-state index contributed by atoms with van der Waals surface area (Å²) >= 11 is 0. The number of fused-ring (bicyclic) bond motifs is 2. The number of methoxy groups -OCH3 is 1. The Kier molecular flexibility index (Phi) is 4.49. The molecule has 0 aromatic rings. The predicted molar refractivity (Wildman–Crippen MR) is 72.7 cm³/mol. The molecule has 0 aromatic heterocycles. The predicted octanol–water partition coefficient (Wildman–Crippen LogP) is 0.507. The highest BCUT2D eigenvalue weighted by Gasteiger charge is 2.67. The summed E-state index contributed by atoms with van der Waals surface area (Å²) in [6, 6.07) is 0. The van der Waals surface area contributed by atoms with Gasteiger partial charge < -0.3 is 23.7 Å². The summed E-state index contributed by atoms with van der Waals surface area (Å²) < 4.78 is 26.9. The van der Waals surface area contributed by atoms with Crippen LogP contribution in [-0.2, 0) is 33.3 Å². The van der Waals surface area contributed by atoms with Crippen molar-refractivity contribution in [3.63, 3.8) is 0 Å². The van der Waals surface area contributed by atoms with E-state index >= 15 is 0 Å². The van der Waals surface area contributed by atoms with Crippen molar-refractivity contribution in [3.8, 4) is 0 Å². The van der Waals surface area contributed by atoms with Crippen LogP contribution < -0.4 is 0 Å². The van der Waals surface area contributed by atoms with Gasteiger partial charge in [-0.25, -0.2) is 0 Å². The van der Waals surface area contributed by atoms with Gasteiger partial charge >= 0.3 is 5.97 Å². The first-order valence-electron chi connectivity index (χ1n) is 7.64. The molecule has 2 bridgehead atoms. The van der Waals surface area contributed by atoms with Crippen LogP contribution in [0.4, 0.5) is 0 Å². The molecular weight excluding hydrogens is 292 g/mol. The maximum Gasteiger partial charge on any atom is 0.312 e. The van der Waals surface area contributed by atoms with Crippen molar-refractivity contribution < 1.29 is 33.3 Å². The van der Waals surface area contributed by atoms with E-state index in [2.05, 4.69) is 0 Å². The Morgan fingerprint density at radius 3 is 2.91 bits per heavy atom. The van der Waals surface area contributed by atoms with Gasteiger partial charge in [0, 0.05) is 25.4 Å².